The SMILES string of the molecule is CS/C(=C/C(C)C)S[Si](C)(C)C. The van der Waals surface area contributed by atoms with E-state index in [1.165, 1.54) is 4.24 Å². The molecule has 0 nitrogen and oxygen atoms in total. The van der Waals surface area contributed by atoms with E-state index in [9.17, 15) is 0 Å². The van der Waals surface area contributed by atoms with Gasteiger partial charge < -0.3 is 0 Å². The van der Waals surface area contributed by atoms with Crippen LogP contribution in [-0.4, -0.2) is 13.5 Å². The summed E-state index contributed by atoms with van der Waals surface area (Å²) in [6.45, 7) is 11.6. The van der Waals surface area contributed by atoms with Crippen LogP contribution in [0, 0.1) is 5.92 Å². The first-order valence-corrected chi connectivity index (χ1v) is 10.6. The van der Waals surface area contributed by atoms with Crippen LogP contribution >= 0.6 is 23.0 Å². The van der Waals surface area contributed by atoms with Crippen LogP contribution in [0.4, 0.5) is 0 Å². The number of rotatable bonds is 4. The Morgan fingerprint density at radius 2 is 1.75 bits per heavy atom. The van der Waals surface area contributed by atoms with Crippen LogP contribution in [0.2, 0.25) is 19.6 Å². The van der Waals surface area contributed by atoms with Gasteiger partial charge in [-0.1, -0.05) is 39.6 Å². The van der Waals surface area contributed by atoms with E-state index in [2.05, 4.69) is 57.0 Å². The molecule has 0 aliphatic heterocycles. The van der Waals surface area contributed by atoms with Gasteiger partial charge in [-0.25, -0.2) is 0 Å². The molecule has 0 unspecified atom stereocenters. The first-order valence-electron chi connectivity index (χ1n) is 4.30. The minimum atomic E-state index is -0.981. The molecule has 0 saturated carbocycles. The Morgan fingerprint density at radius 1 is 1.25 bits per heavy atom. The van der Waals surface area contributed by atoms with E-state index in [-0.39, 0.29) is 0 Å². The van der Waals surface area contributed by atoms with Crippen LogP contribution in [0.5, 0.6) is 0 Å². The lowest BCUT2D eigenvalue weighted by Gasteiger charge is -2.17. The summed E-state index contributed by atoms with van der Waals surface area (Å²) in [6, 6.07) is 0. The fourth-order valence-electron chi connectivity index (χ4n) is 0.718. The van der Waals surface area contributed by atoms with Crippen molar-refractivity contribution in [3.8, 4) is 0 Å². The molecular weight excluding hydrogens is 200 g/mol. The van der Waals surface area contributed by atoms with Gasteiger partial charge >= 0.3 is 0 Å². The summed E-state index contributed by atoms with van der Waals surface area (Å²) in [6.07, 6.45) is 4.54. The van der Waals surface area contributed by atoms with Crippen molar-refractivity contribution in [2.75, 3.05) is 6.26 Å². The van der Waals surface area contributed by atoms with Gasteiger partial charge in [0, 0.05) is 4.24 Å². The lowest BCUT2D eigenvalue weighted by molar-refractivity contribution is 0.832. The maximum absolute atomic E-state index is 2.39. The van der Waals surface area contributed by atoms with Gasteiger partial charge in [0.2, 0.25) is 0 Å². The molecule has 0 aliphatic rings. The highest BCUT2D eigenvalue weighted by Crippen LogP contribution is 2.35. The molecule has 0 aromatic rings. The normalized spacial score (nSPS) is 14.1. The maximum atomic E-state index is 2.39. The smallest absolute Gasteiger partial charge is 0.115 e. The Labute approximate surface area is 86.2 Å². The predicted molar refractivity (Wildman–Crippen MR) is 67.4 cm³/mol. The third-order valence-electron chi connectivity index (χ3n) is 1.08. The van der Waals surface area contributed by atoms with E-state index in [0.29, 0.717) is 5.92 Å². The largest absolute Gasteiger partial charge is 0.146 e. The molecule has 0 atom stereocenters. The maximum Gasteiger partial charge on any atom is 0.115 e. The summed E-state index contributed by atoms with van der Waals surface area (Å²) >= 11 is 3.98. The summed E-state index contributed by atoms with van der Waals surface area (Å²) in [4.78, 5) is 0. The zero-order valence-electron chi connectivity index (χ0n) is 8.97. The van der Waals surface area contributed by atoms with Gasteiger partial charge in [-0.3, -0.25) is 0 Å². The molecule has 12 heavy (non-hydrogen) atoms. The van der Waals surface area contributed by atoms with Gasteiger partial charge in [0.05, 0.1) is 0 Å². The van der Waals surface area contributed by atoms with Crippen molar-refractivity contribution in [3.63, 3.8) is 0 Å². The Morgan fingerprint density at radius 3 is 2.00 bits per heavy atom. The van der Waals surface area contributed by atoms with Crippen molar-refractivity contribution < 1.29 is 0 Å². The molecule has 0 aromatic heterocycles. The van der Waals surface area contributed by atoms with Crippen LogP contribution < -0.4 is 0 Å². The van der Waals surface area contributed by atoms with E-state index >= 15 is 0 Å². The van der Waals surface area contributed by atoms with Crippen molar-refractivity contribution in [1.29, 1.82) is 0 Å². The molecule has 0 aliphatic carbocycles. The molecule has 0 saturated heterocycles. The molecule has 3 heteroatoms. The summed E-state index contributed by atoms with van der Waals surface area (Å²) in [5.74, 6) is 0.677. The number of thioether (sulfide) groups is 1. The van der Waals surface area contributed by atoms with E-state index in [0.717, 1.165) is 0 Å². The van der Waals surface area contributed by atoms with E-state index in [4.69, 9.17) is 0 Å². The van der Waals surface area contributed by atoms with Gasteiger partial charge in [-0.15, -0.1) is 23.0 Å². The van der Waals surface area contributed by atoms with Gasteiger partial charge in [-0.05, 0) is 12.2 Å². The van der Waals surface area contributed by atoms with Gasteiger partial charge in [0.15, 0.2) is 0 Å². The van der Waals surface area contributed by atoms with Crippen molar-refractivity contribution in [1.82, 2.24) is 0 Å². The van der Waals surface area contributed by atoms with Crippen LogP contribution in [0.25, 0.3) is 0 Å². The lowest BCUT2D eigenvalue weighted by Crippen LogP contribution is -2.13. The average molecular weight is 220 g/mol. The van der Waals surface area contributed by atoms with Crippen LogP contribution in [0.15, 0.2) is 10.3 Å². The van der Waals surface area contributed by atoms with Crippen LogP contribution in [-0.2, 0) is 0 Å². The van der Waals surface area contributed by atoms with Crippen LogP contribution in [0.3, 0.4) is 0 Å². The predicted octanol–water partition coefficient (Wildman–Crippen LogP) is 4.41. The second-order valence-corrected chi connectivity index (χ2v) is 14.4. The fourth-order valence-corrected chi connectivity index (χ4v) is 7.42. The molecule has 0 rings (SSSR count). The molecule has 0 amide bonds. The van der Waals surface area contributed by atoms with Crippen molar-refractivity contribution in [2.24, 2.45) is 5.92 Å². The standard InChI is InChI=1S/C9H20S2Si/c1-8(2)7-9(10-3)11-12(4,5)6/h7-8H,1-6H3/b9-7-. The van der Waals surface area contributed by atoms with Crippen molar-refractivity contribution in [3.05, 3.63) is 10.3 Å². The second kappa shape index (κ2) is 5.40. The molecule has 0 spiro atoms. The number of hydrogen-bond donors (Lipinski definition) is 0. The Kier molecular flexibility index (Phi) is 5.70. The molecule has 0 N–H and O–H groups in total. The number of allylic oxidation sites excluding steroid dienone is 1. The van der Waals surface area contributed by atoms with Crippen molar-refractivity contribution >= 4 is 30.2 Å². The highest BCUT2D eigenvalue weighted by Gasteiger charge is 2.16. The Balaban J connectivity index is 4.18. The monoisotopic (exact) mass is 220 g/mol. The third-order valence-corrected chi connectivity index (χ3v) is 6.26. The Hall–Kier alpha value is 0.657. The van der Waals surface area contributed by atoms with E-state index in [1.54, 1.807) is 0 Å². The minimum Gasteiger partial charge on any atom is -0.146 e. The molecule has 0 fully saturated rings. The summed E-state index contributed by atoms with van der Waals surface area (Å²) in [7, 11) is -0.981. The van der Waals surface area contributed by atoms with Crippen molar-refractivity contribution in [2.45, 2.75) is 33.5 Å². The zero-order chi connectivity index (χ0) is 9.78. The quantitative estimate of drug-likeness (QED) is 0.644. The zero-order valence-corrected chi connectivity index (χ0v) is 11.6. The third kappa shape index (κ3) is 7.31. The van der Waals surface area contributed by atoms with Gasteiger partial charge in [-0.2, -0.15) is 0 Å². The summed E-state index contributed by atoms with van der Waals surface area (Å²) < 4.78 is 1.50. The molecular formula is C9H20S2Si. The molecule has 72 valence electrons. The summed E-state index contributed by atoms with van der Waals surface area (Å²) in [5.41, 5.74) is 0. The molecule has 0 bridgehead atoms. The topological polar surface area (TPSA) is 0 Å². The van der Waals surface area contributed by atoms with E-state index < -0.39 is 7.22 Å². The highest BCUT2D eigenvalue weighted by molar-refractivity contribution is 8.39. The summed E-state index contributed by atoms with van der Waals surface area (Å²) in [5, 5.41) is 0. The molecule has 0 heterocycles. The first kappa shape index (κ1) is 12.7. The minimum absolute atomic E-state index is 0.677. The average Bonchev–Trinajstić information content (AvgIpc) is 1.82. The second-order valence-electron chi connectivity index (χ2n) is 4.15. The van der Waals surface area contributed by atoms with Gasteiger partial charge in [0.25, 0.3) is 0 Å². The highest BCUT2D eigenvalue weighted by atomic mass is 32.4. The van der Waals surface area contributed by atoms with Crippen LogP contribution in [0.1, 0.15) is 13.8 Å². The first-order chi connectivity index (χ1) is 5.35. The number of hydrogen-bond acceptors (Lipinski definition) is 2. The molecule has 0 aromatic carbocycles. The van der Waals surface area contributed by atoms with Gasteiger partial charge in [0.1, 0.15) is 7.22 Å². The molecule has 0 radical (unpaired) electrons. The Bertz CT molecular complexity index is 156. The lowest BCUT2D eigenvalue weighted by atomic mass is 10.2. The van der Waals surface area contributed by atoms with E-state index in [1.807, 2.05) is 11.8 Å². The fraction of sp³-hybridized carbons (Fsp3) is 0.778.